The molecule has 2 heterocycles. The average molecular weight is 522 g/mol. The van der Waals surface area contributed by atoms with Crippen molar-refractivity contribution < 1.29 is 9.21 Å². The number of aryl methyl sites for hydroxylation is 1. The van der Waals surface area contributed by atoms with Crippen molar-refractivity contribution in [2.75, 3.05) is 32.7 Å². The first-order valence-electron chi connectivity index (χ1n) is 10.3. The number of furan rings is 1. The first-order valence-corrected chi connectivity index (χ1v) is 10.3. The van der Waals surface area contributed by atoms with Crippen LogP contribution in [0.5, 0.6) is 0 Å². The summed E-state index contributed by atoms with van der Waals surface area (Å²) in [5.74, 6) is 1.15. The molecule has 6 nitrogen and oxygen atoms in total. The van der Waals surface area contributed by atoms with Gasteiger partial charge in [-0.3, -0.25) is 9.79 Å². The summed E-state index contributed by atoms with van der Waals surface area (Å²) < 4.78 is 5.21. The lowest BCUT2D eigenvalue weighted by atomic mass is 10.00. The van der Waals surface area contributed by atoms with Crippen LogP contribution in [0.2, 0.25) is 0 Å². The fourth-order valence-electron chi connectivity index (χ4n) is 3.35. The number of nitrogens with zero attached hydrogens (tertiary/aromatic N) is 2. The van der Waals surface area contributed by atoms with E-state index in [-0.39, 0.29) is 29.9 Å². The molecule has 2 N–H and O–H groups in total. The molecule has 1 aromatic heterocycles. The number of halogens is 1. The van der Waals surface area contributed by atoms with E-state index in [1.165, 1.54) is 17.4 Å². The van der Waals surface area contributed by atoms with Gasteiger partial charge in [-0.2, -0.15) is 0 Å². The Morgan fingerprint density at radius 3 is 2.63 bits per heavy atom. The second-order valence-electron chi connectivity index (χ2n) is 7.07. The van der Waals surface area contributed by atoms with Gasteiger partial charge in [-0.15, -0.1) is 24.0 Å². The number of guanidine groups is 1. The Labute approximate surface area is 195 Å². The monoisotopic (exact) mass is 522 g/mol. The van der Waals surface area contributed by atoms with Crippen LogP contribution < -0.4 is 10.6 Å². The van der Waals surface area contributed by atoms with Gasteiger partial charge in [0.25, 0.3) is 5.91 Å². The van der Waals surface area contributed by atoms with Crippen LogP contribution in [0.4, 0.5) is 0 Å². The highest BCUT2D eigenvalue weighted by atomic mass is 127. The zero-order valence-electron chi connectivity index (χ0n) is 17.7. The number of benzene rings is 1. The topological polar surface area (TPSA) is 69.9 Å². The molecule has 162 valence electrons. The highest BCUT2D eigenvalue weighted by molar-refractivity contribution is 14.0. The maximum atomic E-state index is 12.1. The third-order valence-electron chi connectivity index (χ3n) is 4.94. The molecule has 1 aromatic carbocycles. The van der Waals surface area contributed by atoms with Crippen molar-refractivity contribution in [2.45, 2.75) is 26.7 Å². The molecule has 2 aromatic rings. The van der Waals surface area contributed by atoms with Gasteiger partial charge in [0.05, 0.1) is 6.26 Å². The highest BCUT2D eigenvalue weighted by Crippen LogP contribution is 2.21. The summed E-state index contributed by atoms with van der Waals surface area (Å²) in [5.41, 5.74) is 3.55. The normalized spacial score (nSPS) is 14.0. The lowest BCUT2D eigenvalue weighted by Gasteiger charge is -2.30. The number of hydrogen-bond acceptors (Lipinski definition) is 3. The molecule has 3 rings (SSSR count). The Balaban J connectivity index is 0.00000320. The van der Waals surface area contributed by atoms with E-state index in [0.29, 0.717) is 18.8 Å². The predicted molar refractivity (Wildman–Crippen MR) is 132 cm³/mol. The van der Waals surface area contributed by atoms with E-state index in [4.69, 9.17) is 9.41 Å². The number of aliphatic imine (C=N–C) groups is 1. The van der Waals surface area contributed by atoms with Gasteiger partial charge in [0.15, 0.2) is 11.7 Å². The molecule has 0 bridgehead atoms. The summed E-state index contributed by atoms with van der Waals surface area (Å²) in [6.45, 7) is 7.80. The van der Waals surface area contributed by atoms with E-state index in [2.05, 4.69) is 52.8 Å². The minimum atomic E-state index is -0.169. The van der Waals surface area contributed by atoms with Crippen LogP contribution in [0.25, 0.3) is 5.57 Å². The molecule has 7 heteroatoms. The zero-order chi connectivity index (χ0) is 20.5. The number of hydrogen-bond donors (Lipinski definition) is 2. The summed E-state index contributed by atoms with van der Waals surface area (Å²) in [4.78, 5) is 19.1. The van der Waals surface area contributed by atoms with Gasteiger partial charge in [0.2, 0.25) is 0 Å². The molecule has 0 spiro atoms. The first kappa shape index (κ1) is 24.0. The van der Waals surface area contributed by atoms with Gasteiger partial charge in [-0.1, -0.05) is 36.4 Å². The Kier molecular flexibility index (Phi) is 9.93. The lowest BCUT2D eigenvalue weighted by Crippen LogP contribution is -2.43. The summed E-state index contributed by atoms with van der Waals surface area (Å²) in [6.07, 6.45) is 5.61. The maximum absolute atomic E-state index is 12.1. The van der Waals surface area contributed by atoms with Crippen molar-refractivity contribution in [3.05, 3.63) is 65.6 Å². The molecular weight excluding hydrogens is 491 g/mol. The lowest BCUT2D eigenvalue weighted by molar-refractivity contribution is 0.0925. The highest BCUT2D eigenvalue weighted by Gasteiger charge is 2.16. The molecule has 0 atom stereocenters. The number of rotatable bonds is 7. The van der Waals surface area contributed by atoms with Crippen molar-refractivity contribution in [3.63, 3.8) is 0 Å². The molecule has 1 aliphatic heterocycles. The predicted octanol–water partition coefficient (Wildman–Crippen LogP) is 4.08. The minimum absolute atomic E-state index is 0. The number of carbonyl (C=O) groups excluding carboxylic acids is 1. The fraction of sp³-hybridized carbons (Fsp3) is 0.391. The Morgan fingerprint density at radius 2 is 2.00 bits per heavy atom. The molecule has 0 radical (unpaired) electrons. The van der Waals surface area contributed by atoms with Gasteiger partial charge in [-0.25, -0.2) is 0 Å². The summed E-state index contributed by atoms with van der Waals surface area (Å²) in [7, 11) is 0. The van der Waals surface area contributed by atoms with Gasteiger partial charge >= 0.3 is 0 Å². The van der Waals surface area contributed by atoms with Crippen molar-refractivity contribution in [3.8, 4) is 0 Å². The zero-order valence-corrected chi connectivity index (χ0v) is 20.0. The van der Waals surface area contributed by atoms with E-state index in [0.717, 1.165) is 44.0 Å². The van der Waals surface area contributed by atoms with Crippen molar-refractivity contribution >= 4 is 41.4 Å². The summed E-state index contributed by atoms with van der Waals surface area (Å²) in [6, 6.07) is 12.3. The van der Waals surface area contributed by atoms with E-state index in [9.17, 15) is 4.79 Å². The maximum Gasteiger partial charge on any atom is 0.287 e. The largest absolute Gasteiger partial charge is 0.459 e. The van der Waals surface area contributed by atoms with Gasteiger partial charge in [-0.05, 0) is 43.9 Å². The molecule has 0 saturated carbocycles. The van der Waals surface area contributed by atoms with Crippen LogP contribution in [0, 0.1) is 6.92 Å². The van der Waals surface area contributed by atoms with Gasteiger partial charge in [0, 0.05) is 38.3 Å². The molecular formula is C23H31IN4O2. The fourth-order valence-corrected chi connectivity index (χ4v) is 3.35. The standard InChI is InChI=1S/C23H30N4O2.HI/c1-3-24-23(26-14-7-13-25-22(28)21-18(2)12-17-29-21)27-15-10-20(11-16-27)19-8-5-4-6-9-19;/h4-6,8-10,12,17H,3,7,11,13-16H2,1-2H3,(H,24,26)(H,25,28);1H. The molecule has 0 unspecified atom stereocenters. The summed E-state index contributed by atoms with van der Waals surface area (Å²) >= 11 is 0. The minimum Gasteiger partial charge on any atom is -0.459 e. The SMILES string of the molecule is CCNC(=NCCCNC(=O)c1occc1C)N1CC=C(c2ccccc2)CC1.I. The molecule has 1 aliphatic rings. The number of nitrogens with one attached hydrogen (secondary N) is 2. The Hall–Kier alpha value is -2.29. The average Bonchev–Trinajstić information content (AvgIpc) is 3.19. The van der Waals surface area contributed by atoms with E-state index >= 15 is 0 Å². The van der Waals surface area contributed by atoms with Gasteiger partial charge < -0.3 is 20.0 Å². The summed E-state index contributed by atoms with van der Waals surface area (Å²) in [5, 5.41) is 6.27. The van der Waals surface area contributed by atoms with Crippen LogP contribution in [-0.2, 0) is 0 Å². The molecule has 30 heavy (non-hydrogen) atoms. The second kappa shape index (κ2) is 12.4. The van der Waals surface area contributed by atoms with Crippen LogP contribution in [-0.4, -0.2) is 49.5 Å². The van der Waals surface area contributed by atoms with E-state index in [1.807, 2.05) is 13.0 Å². The number of amides is 1. The molecule has 0 saturated heterocycles. The van der Waals surface area contributed by atoms with Gasteiger partial charge in [0.1, 0.15) is 0 Å². The van der Waals surface area contributed by atoms with E-state index < -0.39 is 0 Å². The molecule has 1 amide bonds. The smallest absolute Gasteiger partial charge is 0.287 e. The van der Waals surface area contributed by atoms with Crippen molar-refractivity contribution in [1.29, 1.82) is 0 Å². The van der Waals surface area contributed by atoms with Crippen LogP contribution in [0.3, 0.4) is 0 Å². The quantitative estimate of drug-likeness (QED) is 0.249. The third kappa shape index (κ3) is 6.62. The van der Waals surface area contributed by atoms with Crippen molar-refractivity contribution in [1.82, 2.24) is 15.5 Å². The van der Waals surface area contributed by atoms with Crippen LogP contribution >= 0.6 is 24.0 Å². The Morgan fingerprint density at radius 1 is 1.20 bits per heavy atom. The second-order valence-corrected chi connectivity index (χ2v) is 7.07. The number of carbonyl (C=O) groups is 1. The van der Waals surface area contributed by atoms with Crippen molar-refractivity contribution in [2.24, 2.45) is 4.99 Å². The third-order valence-corrected chi connectivity index (χ3v) is 4.94. The van der Waals surface area contributed by atoms with Crippen LogP contribution in [0.15, 0.2) is 58.1 Å². The molecule has 0 aliphatic carbocycles. The molecule has 0 fully saturated rings. The first-order chi connectivity index (χ1) is 14.2. The van der Waals surface area contributed by atoms with Crippen LogP contribution in [0.1, 0.15) is 41.4 Å². The Bertz CT molecular complexity index is 861. The van der Waals surface area contributed by atoms with E-state index in [1.54, 1.807) is 6.07 Å².